The van der Waals surface area contributed by atoms with Crippen LogP contribution in [-0.4, -0.2) is 23.4 Å². The van der Waals surface area contributed by atoms with Gasteiger partial charge in [0.05, 0.1) is 0 Å². The van der Waals surface area contributed by atoms with Gasteiger partial charge in [-0.05, 0) is 18.6 Å². The highest BCUT2D eigenvalue weighted by Gasteiger charge is 2.13. The molecule has 18 heavy (non-hydrogen) atoms. The molecule has 0 aromatic carbocycles. The number of thiophene rings is 1. The molecule has 0 spiro atoms. The van der Waals surface area contributed by atoms with Crippen LogP contribution in [0.1, 0.15) is 18.2 Å². The van der Waals surface area contributed by atoms with E-state index in [4.69, 9.17) is 5.14 Å². The molecule has 1 aromatic heterocycles. The lowest BCUT2D eigenvalue weighted by Crippen LogP contribution is -2.36. The van der Waals surface area contributed by atoms with Crippen molar-refractivity contribution in [2.75, 3.05) is 6.54 Å². The van der Waals surface area contributed by atoms with Gasteiger partial charge in [0.25, 0.3) is 10.2 Å². The van der Waals surface area contributed by atoms with Crippen LogP contribution in [0.15, 0.2) is 16.3 Å². The van der Waals surface area contributed by atoms with Gasteiger partial charge in [-0.2, -0.15) is 13.1 Å². The normalized spacial score (nSPS) is 12.8. The maximum atomic E-state index is 11.4. The first-order chi connectivity index (χ1) is 8.24. The molecule has 0 bridgehead atoms. The van der Waals surface area contributed by atoms with Crippen LogP contribution in [-0.2, 0) is 26.8 Å². The van der Waals surface area contributed by atoms with Crippen molar-refractivity contribution in [3.05, 3.63) is 17.0 Å². The van der Waals surface area contributed by atoms with E-state index in [2.05, 4.69) is 9.44 Å². The van der Waals surface area contributed by atoms with Gasteiger partial charge in [0.1, 0.15) is 4.21 Å². The zero-order valence-corrected chi connectivity index (χ0v) is 12.2. The number of sulfonamides is 1. The van der Waals surface area contributed by atoms with Gasteiger partial charge >= 0.3 is 0 Å². The molecule has 0 fully saturated rings. The topological polar surface area (TPSA) is 118 Å². The maximum Gasteiger partial charge on any atom is 0.277 e. The minimum absolute atomic E-state index is 0.0122. The molecule has 0 radical (unpaired) electrons. The first-order valence-electron chi connectivity index (χ1n) is 5.10. The molecule has 10 heteroatoms. The van der Waals surface area contributed by atoms with Gasteiger partial charge in [0.15, 0.2) is 0 Å². The third kappa shape index (κ3) is 5.00. The third-order valence-corrected chi connectivity index (χ3v) is 5.53. The monoisotopic (exact) mass is 313 g/mol. The van der Waals surface area contributed by atoms with Crippen molar-refractivity contribution in [1.29, 1.82) is 0 Å². The van der Waals surface area contributed by atoms with Crippen molar-refractivity contribution in [3.63, 3.8) is 0 Å². The van der Waals surface area contributed by atoms with Crippen molar-refractivity contribution >= 4 is 31.6 Å². The average molecular weight is 313 g/mol. The summed E-state index contributed by atoms with van der Waals surface area (Å²) in [6.07, 6.45) is 0.690. The van der Waals surface area contributed by atoms with Crippen LogP contribution in [0.5, 0.6) is 0 Å². The highest BCUT2D eigenvalue weighted by Crippen LogP contribution is 2.19. The van der Waals surface area contributed by atoms with Gasteiger partial charge < -0.3 is 0 Å². The fraction of sp³-hybridized carbons (Fsp3) is 0.500. The predicted molar refractivity (Wildman–Crippen MR) is 69.7 cm³/mol. The van der Waals surface area contributed by atoms with Crippen molar-refractivity contribution in [1.82, 2.24) is 9.44 Å². The smallest absolute Gasteiger partial charge is 0.224 e. The Bertz CT molecular complexity index is 591. The Morgan fingerprint density at radius 1 is 1.22 bits per heavy atom. The van der Waals surface area contributed by atoms with Gasteiger partial charge in [-0.3, -0.25) is 0 Å². The predicted octanol–water partition coefficient (Wildman–Crippen LogP) is -0.270. The molecule has 1 aromatic rings. The zero-order chi connectivity index (χ0) is 13.8. The molecule has 0 atom stereocenters. The van der Waals surface area contributed by atoms with Crippen LogP contribution in [0.25, 0.3) is 0 Å². The standard InChI is InChI=1S/C8H15N3O4S3/c1-2-5-10-18(14,15)11-6-7-3-4-8(16-7)17(9,12)13/h3-4,10-11H,2,5-6H2,1H3,(H2,9,12,13). The molecule has 0 saturated heterocycles. The Morgan fingerprint density at radius 2 is 1.89 bits per heavy atom. The fourth-order valence-corrected chi connectivity index (χ4v) is 3.79. The number of nitrogens with two attached hydrogens (primary N) is 1. The summed E-state index contributed by atoms with van der Waals surface area (Å²) in [5.74, 6) is 0. The zero-order valence-electron chi connectivity index (χ0n) is 9.71. The summed E-state index contributed by atoms with van der Waals surface area (Å²) in [6, 6.07) is 2.87. The summed E-state index contributed by atoms with van der Waals surface area (Å²) in [5.41, 5.74) is 0. The summed E-state index contributed by atoms with van der Waals surface area (Å²) in [4.78, 5) is 0.570. The summed E-state index contributed by atoms with van der Waals surface area (Å²) in [6.45, 7) is 2.22. The fourth-order valence-electron chi connectivity index (χ4n) is 1.06. The summed E-state index contributed by atoms with van der Waals surface area (Å²) >= 11 is 0.937. The molecule has 1 rings (SSSR count). The molecule has 0 saturated carbocycles. The van der Waals surface area contributed by atoms with Crippen molar-refractivity contribution in [2.45, 2.75) is 24.1 Å². The van der Waals surface area contributed by atoms with E-state index in [0.717, 1.165) is 11.3 Å². The Kier molecular flexibility index (Phi) is 5.25. The highest BCUT2D eigenvalue weighted by molar-refractivity contribution is 7.91. The summed E-state index contributed by atoms with van der Waals surface area (Å²) in [5, 5.41) is 4.95. The second-order valence-electron chi connectivity index (χ2n) is 3.48. The molecule has 1 heterocycles. The van der Waals surface area contributed by atoms with E-state index in [1.54, 1.807) is 0 Å². The molecular formula is C8H15N3O4S3. The molecule has 0 aliphatic rings. The van der Waals surface area contributed by atoms with E-state index in [1.807, 2.05) is 6.92 Å². The summed E-state index contributed by atoms with van der Waals surface area (Å²) < 4.78 is 49.5. The lowest BCUT2D eigenvalue weighted by molar-refractivity contribution is 0.566. The van der Waals surface area contributed by atoms with E-state index in [1.165, 1.54) is 12.1 Å². The molecule has 104 valence electrons. The van der Waals surface area contributed by atoms with Crippen molar-refractivity contribution in [2.24, 2.45) is 5.14 Å². The minimum atomic E-state index is -3.72. The molecule has 0 unspecified atom stereocenters. The second kappa shape index (κ2) is 6.08. The quantitative estimate of drug-likeness (QED) is 0.642. The number of rotatable bonds is 7. The lowest BCUT2D eigenvalue weighted by Gasteiger charge is -2.05. The van der Waals surface area contributed by atoms with Crippen LogP contribution in [0, 0.1) is 0 Å². The van der Waals surface area contributed by atoms with Crippen LogP contribution in [0.4, 0.5) is 0 Å². The van der Waals surface area contributed by atoms with E-state index < -0.39 is 20.2 Å². The first kappa shape index (κ1) is 15.5. The second-order valence-corrected chi connectivity index (χ2v) is 8.03. The molecule has 7 nitrogen and oxygen atoms in total. The van der Waals surface area contributed by atoms with Crippen molar-refractivity contribution < 1.29 is 16.8 Å². The average Bonchev–Trinajstić information content (AvgIpc) is 2.72. The molecule has 0 aliphatic heterocycles. The summed E-state index contributed by atoms with van der Waals surface area (Å²) in [7, 11) is -7.27. The van der Waals surface area contributed by atoms with E-state index in [0.29, 0.717) is 17.8 Å². The SMILES string of the molecule is CCCNS(=O)(=O)NCc1ccc(S(N)(=O)=O)s1. The van der Waals surface area contributed by atoms with Gasteiger partial charge in [-0.25, -0.2) is 18.3 Å². The number of nitrogens with one attached hydrogen (secondary N) is 2. The Morgan fingerprint density at radius 3 is 2.39 bits per heavy atom. The highest BCUT2D eigenvalue weighted by atomic mass is 32.2. The Balaban J connectivity index is 2.62. The van der Waals surface area contributed by atoms with Crippen LogP contribution < -0.4 is 14.6 Å². The Labute approximate surface area is 111 Å². The molecule has 0 amide bonds. The van der Waals surface area contributed by atoms with Gasteiger partial charge in [-0.1, -0.05) is 6.92 Å². The number of hydrogen-bond acceptors (Lipinski definition) is 5. The largest absolute Gasteiger partial charge is 0.277 e. The molecule has 0 aliphatic carbocycles. The maximum absolute atomic E-state index is 11.4. The van der Waals surface area contributed by atoms with Gasteiger partial charge in [0.2, 0.25) is 10.0 Å². The minimum Gasteiger partial charge on any atom is -0.224 e. The molecular weight excluding hydrogens is 298 g/mol. The van der Waals surface area contributed by atoms with Crippen LogP contribution in [0.2, 0.25) is 0 Å². The van der Waals surface area contributed by atoms with Crippen LogP contribution >= 0.6 is 11.3 Å². The van der Waals surface area contributed by atoms with E-state index in [9.17, 15) is 16.8 Å². The first-order valence-corrected chi connectivity index (χ1v) is 8.95. The van der Waals surface area contributed by atoms with E-state index >= 15 is 0 Å². The molecule has 4 N–H and O–H groups in total. The number of hydrogen-bond donors (Lipinski definition) is 3. The van der Waals surface area contributed by atoms with Crippen LogP contribution in [0.3, 0.4) is 0 Å². The number of primary sulfonamides is 1. The van der Waals surface area contributed by atoms with Gasteiger partial charge in [-0.15, -0.1) is 11.3 Å². The van der Waals surface area contributed by atoms with E-state index in [-0.39, 0.29) is 10.8 Å². The lowest BCUT2D eigenvalue weighted by atomic mass is 10.5. The van der Waals surface area contributed by atoms with Crippen molar-refractivity contribution in [3.8, 4) is 0 Å². The van der Waals surface area contributed by atoms with Gasteiger partial charge in [0, 0.05) is 18.0 Å². The third-order valence-electron chi connectivity index (χ3n) is 1.90. The Hall–Kier alpha value is -0.520.